The van der Waals surface area contributed by atoms with Crippen LogP contribution >= 0.6 is 11.3 Å². The molecule has 0 radical (unpaired) electrons. The highest BCUT2D eigenvalue weighted by atomic mass is 32.1. The quantitative estimate of drug-likeness (QED) is 0.735. The first kappa shape index (κ1) is 14.0. The highest BCUT2D eigenvalue weighted by Crippen LogP contribution is 2.36. The second-order valence-electron chi connectivity index (χ2n) is 5.32. The van der Waals surface area contributed by atoms with Gasteiger partial charge in [0.2, 0.25) is 4.96 Å². The molecular formula is C16H14N4O2S. The second kappa shape index (κ2) is 4.92. The normalized spacial score (nSPS) is 15.3. The Morgan fingerprint density at radius 3 is 2.96 bits per heavy atom. The van der Waals surface area contributed by atoms with Crippen molar-refractivity contribution in [3.05, 3.63) is 40.2 Å². The summed E-state index contributed by atoms with van der Waals surface area (Å²) in [5.41, 5.74) is 3.88. The van der Waals surface area contributed by atoms with Crippen molar-refractivity contribution in [1.82, 2.24) is 14.6 Å². The number of anilines is 1. The third-order valence-corrected chi connectivity index (χ3v) is 4.64. The lowest BCUT2D eigenvalue weighted by Crippen LogP contribution is -2.04. The zero-order valence-electron chi connectivity index (χ0n) is 12.9. The molecule has 0 saturated heterocycles. The lowest BCUT2D eigenvalue weighted by atomic mass is 10.1. The van der Waals surface area contributed by atoms with Gasteiger partial charge in [0.25, 0.3) is 5.91 Å². The lowest BCUT2D eigenvalue weighted by molar-refractivity contribution is -0.110. The van der Waals surface area contributed by atoms with Gasteiger partial charge in [-0.1, -0.05) is 11.3 Å². The minimum Gasteiger partial charge on any atom is -0.497 e. The fourth-order valence-corrected chi connectivity index (χ4v) is 3.50. The second-order valence-corrected chi connectivity index (χ2v) is 6.48. The number of amides is 1. The van der Waals surface area contributed by atoms with Crippen molar-refractivity contribution in [3.8, 4) is 5.75 Å². The number of hydrogen-bond donors (Lipinski definition) is 1. The Morgan fingerprint density at radius 1 is 1.35 bits per heavy atom. The van der Waals surface area contributed by atoms with Gasteiger partial charge in [0.05, 0.1) is 24.1 Å². The third kappa shape index (κ3) is 2.12. The van der Waals surface area contributed by atoms with Crippen LogP contribution in [0, 0.1) is 13.8 Å². The Labute approximate surface area is 136 Å². The van der Waals surface area contributed by atoms with Crippen molar-refractivity contribution in [2.45, 2.75) is 13.8 Å². The van der Waals surface area contributed by atoms with Gasteiger partial charge in [-0.3, -0.25) is 4.79 Å². The monoisotopic (exact) mass is 326 g/mol. The Balaban J connectivity index is 1.91. The summed E-state index contributed by atoms with van der Waals surface area (Å²) in [6.07, 6.45) is 1.84. The summed E-state index contributed by atoms with van der Waals surface area (Å²) in [7, 11) is 1.61. The molecule has 1 amide bonds. The molecule has 0 atom stereocenters. The molecule has 7 heteroatoms. The van der Waals surface area contributed by atoms with Gasteiger partial charge in [-0.05, 0) is 38.1 Å². The summed E-state index contributed by atoms with van der Waals surface area (Å²) in [5, 5.41) is 8.27. The van der Waals surface area contributed by atoms with E-state index in [1.807, 2.05) is 38.1 Å². The first-order chi connectivity index (χ1) is 11.1. The number of hydrogen-bond acceptors (Lipinski definition) is 5. The van der Waals surface area contributed by atoms with E-state index < -0.39 is 0 Å². The highest BCUT2D eigenvalue weighted by Gasteiger charge is 2.25. The first-order valence-corrected chi connectivity index (χ1v) is 7.92. The van der Waals surface area contributed by atoms with E-state index in [1.54, 1.807) is 11.6 Å². The molecule has 0 spiro atoms. The van der Waals surface area contributed by atoms with Gasteiger partial charge in [-0.25, -0.2) is 9.50 Å². The number of methoxy groups -OCH3 is 1. The standard InChI is InChI=1S/C16H14N4O2S/c1-8-14(20-16(17-8)23-9(2)19-20)7-12-11-6-10(22-3)4-5-13(11)18-15(12)21/h4-7H,1-3H3,(H,18,21)/b12-7-. The molecule has 2 aromatic heterocycles. The van der Waals surface area contributed by atoms with Gasteiger partial charge < -0.3 is 10.1 Å². The number of benzene rings is 1. The summed E-state index contributed by atoms with van der Waals surface area (Å²) in [6.45, 7) is 3.86. The number of imidazole rings is 1. The van der Waals surface area contributed by atoms with Crippen LogP contribution in [0.5, 0.6) is 5.75 Å². The molecule has 0 unspecified atom stereocenters. The molecular weight excluding hydrogens is 312 g/mol. The van der Waals surface area contributed by atoms with E-state index in [9.17, 15) is 4.79 Å². The van der Waals surface area contributed by atoms with Crippen LogP contribution < -0.4 is 10.1 Å². The van der Waals surface area contributed by atoms with Crippen molar-refractivity contribution in [2.75, 3.05) is 12.4 Å². The van der Waals surface area contributed by atoms with Gasteiger partial charge in [-0.2, -0.15) is 5.10 Å². The van der Waals surface area contributed by atoms with Gasteiger partial charge in [-0.15, -0.1) is 0 Å². The molecule has 1 aliphatic heterocycles. The number of fused-ring (bicyclic) bond motifs is 2. The minimum atomic E-state index is -0.130. The number of carbonyl (C=O) groups is 1. The van der Waals surface area contributed by atoms with Crippen molar-refractivity contribution in [3.63, 3.8) is 0 Å². The van der Waals surface area contributed by atoms with Crippen molar-refractivity contribution < 1.29 is 9.53 Å². The third-order valence-electron chi connectivity index (χ3n) is 3.81. The molecule has 3 aromatic rings. The number of nitrogens with zero attached hydrogens (tertiary/aromatic N) is 3. The molecule has 1 aliphatic rings. The molecule has 23 heavy (non-hydrogen) atoms. The number of ether oxygens (including phenoxy) is 1. The van der Waals surface area contributed by atoms with Gasteiger partial charge in [0.1, 0.15) is 10.8 Å². The SMILES string of the molecule is COc1ccc2c(c1)/C(=C/c1c(C)nc3sc(C)nn13)C(=O)N2. The van der Waals surface area contributed by atoms with Crippen molar-refractivity contribution >= 4 is 39.5 Å². The average Bonchev–Trinajstić information content (AvgIpc) is 3.11. The molecule has 116 valence electrons. The number of nitrogens with one attached hydrogen (secondary N) is 1. The van der Waals surface area contributed by atoms with E-state index in [2.05, 4.69) is 15.4 Å². The topological polar surface area (TPSA) is 68.5 Å². The Hall–Kier alpha value is -2.67. The fraction of sp³-hybridized carbons (Fsp3) is 0.188. The molecule has 6 nitrogen and oxygen atoms in total. The van der Waals surface area contributed by atoms with Crippen LogP contribution in [0.15, 0.2) is 18.2 Å². The summed E-state index contributed by atoms with van der Waals surface area (Å²) >= 11 is 1.53. The largest absolute Gasteiger partial charge is 0.497 e. The van der Waals surface area contributed by atoms with Gasteiger partial charge >= 0.3 is 0 Å². The summed E-state index contributed by atoms with van der Waals surface area (Å²) in [4.78, 5) is 17.7. The van der Waals surface area contributed by atoms with E-state index in [1.165, 1.54) is 11.3 Å². The van der Waals surface area contributed by atoms with Crippen molar-refractivity contribution in [2.24, 2.45) is 0 Å². The summed E-state index contributed by atoms with van der Waals surface area (Å²) in [5.74, 6) is 0.584. The Bertz CT molecular complexity index is 984. The first-order valence-electron chi connectivity index (χ1n) is 7.11. The molecule has 1 N–H and O–H groups in total. The predicted octanol–water partition coefficient (Wildman–Crippen LogP) is 2.91. The van der Waals surface area contributed by atoms with Crippen LogP contribution in [0.4, 0.5) is 5.69 Å². The maximum absolute atomic E-state index is 12.3. The minimum absolute atomic E-state index is 0.130. The van der Waals surface area contributed by atoms with E-state index in [4.69, 9.17) is 4.74 Å². The molecule has 0 bridgehead atoms. The van der Waals surface area contributed by atoms with Crippen LogP contribution in [0.3, 0.4) is 0 Å². The fourth-order valence-electron chi connectivity index (χ4n) is 2.70. The smallest absolute Gasteiger partial charge is 0.256 e. The zero-order valence-corrected chi connectivity index (χ0v) is 13.7. The van der Waals surface area contributed by atoms with Crippen molar-refractivity contribution in [1.29, 1.82) is 0 Å². The molecule has 3 heterocycles. The van der Waals surface area contributed by atoms with Crippen LogP contribution in [0.2, 0.25) is 0 Å². The van der Waals surface area contributed by atoms with E-state index in [0.29, 0.717) is 11.3 Å². The molecule has 0 saturated carbocycles. The lowest BCUT2D eigenvalue weighted by Gasteiger charge is -2.03. The highest BCUT2D eigenvalue weighted by molar-refractivity contribution is 7.16. The van der Waals surface area contributed by atoms with Gasteiger partial charge in [0.15, 0.2) is 0 Å². The number of aryl methyl sites for hydroxylation is 2. The van der Waals surface area contributed by atoms with Crippen LogP contribution in [0.25, 0.3) is 16.6 Å². The Morgan fingerprint density at radius 2 is 2.17 bits per heavy atom. The van der Waals surface area contributed by atoms with Gasteiger partial charge in [0, 0.05) is 11.3 Å². The van der Waals surface area contributed by atoms with E-state index in [0.717, 1.165) is 32.6 Å². The molecule has 4 rings (SSSR count). The van der Waals surface area contributed by atoms with E-state index >= 15 is 0 Å². The number of carbonyl (C=O) groups excluding carboxylic acids is 1. The molecule has 0 fully saturated rings. The summed E-state index contributed by atoms with van der Waals surface area (Å²) < 4.78 is 7.05. The average molecular weight is 326 g/mol. The summed E-state index contributed by atoms with van der Waals surface area (Å²) in [6, 6.07) is 5.53. The zero-order chi connectivity index (χ0) is 16.1. The maximum Gasteiger partial charge on any atom is 0.256 e. The van der Waals surface area contributed by atoms with Crippen LogP contribution in [-0.4, -0.2) is 27.6 Å². The van der Waals surface area contributed by atoms with E-state index in [-0.39, 0.29) is 5.91 Å². The predicted molar refractivity (Wildman–Crippen MR) is 89.8 cm³/mol. The number of aromatic nitrogens is 3. The Kier molecular flexibility index (Phi) is 2.99. The van der Waals surface area contributed by atoms with Crippen LogP contribution in [-0.2, 0) is 4.79 Å². The van der Waals surface area contributed by atoms with Crippen LogP contribution in [0.1, 0.15) is 22.0 Å². The maximum atomic E-state index is 12.3. The number of rotatable bonds is 2. The molecule has 1 aromatic carbocycles. The molecule has 0 aliphatic carbocycles.